The van der Waals surface area contributed by atoms with Crippen molar-refractivity contribution in [2.24, 2.45) is 5.92 Å². The largest absolute Gasteiger partial charge is 0.466 e. The third-order valence-corrected chi connectivity index (χ3v) is 2.55. The van der Waals surface area contributed by atoms with Crippen molar-refractivity contribution in [3.63, 3.8) is 0 Å². The summed E-state index contributed by atoms with van der Waals surface area (Å²) in [4.78, 5) is 11.6. The Bertz CT molecular complexity index is 321. The van der Waals surface area contributed by atoms with Crippen LogP contribution in [0.15, 0.2) is 30.3 Å². The average molecular weight is 222 g/mol. The second-order valence-electron chi connectivity index (χ2n) is 3.62. The number of esters is 1. The fraction of sp³-hybridized carbons (Fsp3) is 0.462. The highest BCUT2D eigenvalue weighted by molar-refractivity contribution is 5.73. The van der Waals surface area contributed by atoms with Gasteiger partial charge in [0.05, 0.1) is 18.6 Å². The molecule has 1 rings (SSSR count). The van der Waals surface area contributed by atoms with Crippen LogP contribution in [0, 0.1) is 5.92 Å². The molecule has 0 unspecified atom stereocenters. The minimum Gasteiger partial charge on any atom is -0.466 e. The topological polar surface area (TPSA) is 46.5 Å². The zero-order valence-electron chi connectivity index (χ0n) is 9.72. The fourth-order valence-electron chi connectivity index (χ4n) is 1.65. The molecule has 0 aliphatic heterocycles. The number of benzene rings is 1. The molecule has 0 amide bonds. The van der Waals surface area contributed by atoms with Gasteiger partial charge in [0.1, 0.15) is 0 Å². The normalized spacial score (nSPS) is 14.2. The van der Waals surface area contributed by atoms with Crippen molar-refractivity contribution >= 4 is 5.97 Å². The Morgan fingerprint density at radius 2 is 1.94 bits per heavy atom. The van der Waals surface area contributed by atoms with E-state index in [1.807, 2.05) is 37.3 Å². The van der Waals surface area contributed by atoms with Gasteiger partial charge in [0.25, 0.3) is 0 Å². The number of ether oxygens (including phenoxy) is 1. The van der Waals surface area contributed by atoms with Crippen molar-refractivity contribution in [2.45, 2.75) is 26.4 Å². The van der Waals surface area contributed by atoms with Crippen LogP contribution in [0.2, 0.25) is 0 Å². The van der Waals surface area contributed by atoms with Crippen LogP contribution in [0.25, 0.3) is 0 Å². The molecule has 0 heterocycles. The first-order valence-corrected chi connectivity index (χ1v) is 5.60. The molecule has 0 spiro atoms. The lowest BCUT2D eigenvalue weighted by atomic mass is 9.93. The highest BCUT2D eigenvalue weighted by Gasteiger charge is 2.27. The van der Waals surface area contributed by atoms with E-state index in [4.69, 9.17) is 4.74 Å². The van der Waals surface area contributed by atoms with Crippen molar-refractivity contribution in [3.8, 4) is 0 Å². The summed E-state index contributed by atoms with van der Waals surface area (Å²) in [6.45, 7) is 3.98. The van der Waals surface area contributed by atoms with Crippen LogP contribution in [-0.2, 0) is 9.53 Å². The van der Waals surface area contributed by atoms with Crippen molar-refractivity contribution in [1.29, 1.82) is 0 Å². The summed E-state index contributed by atoms with van der Waals surface area (Å²) in [6, 6.07) is 9.19. The van der Waals surface area contributed by atoms with E-state index in [0.717, 1.165) is 5.56 Å². The van der Waals surface area contributed by atoms with Crippen molar-refractivity contribution in [3.05, 3.63) is 35.9 Å². The van der Waals surface area contributed by atoms with Gasteiger partial charge in [-0.2, -0.15) is 0 Å². The second kappa shape index (κ2) is 6.28. The second-order valence-corrected chi connectivity index (χ2v) is 3.62. The molecule has 0 fully saturated rings. The Balaban J connectivity index is 2.77. The summed E-state index contributed by atoms with van der Waals surface area (Å²) in [7, 11) is 0. The van der Waals surface area contributed by atoms with Gasteiger partial charge in [0.15, 0.2) is 0 Å². The molecule has 0 radical (unpaired) electrons. The van der Waals surface area contributed by atoms with E-state index in [0.29, 0.717) is 13.0 Å². The quantitative estimate of drug-likeness (QED) is 0.778. The zero-order valence-corrected chi connectivity index (χ0v) is 9.72. The molecule has 3 heteroatoms. The fourth-order valence-corrected chi connectivity index (χ4v) is 1.65. The van der Waals surface area contributed by atoms with E-state index in [2.05, 4.69) is 0 Å². The van der Waals surface area contributed by atoms with E-state index >= 15 is 0 Å². The number of hydrogen-bond acceptors (Lipinski definition) is 3. The van der Waals surface area contributed by atoms with Crippen LogP contribution < -0.4 is 0 Å². The number of carbonyl (C=O) groups excluding carboxylic acids is 1. The zero-order chi connectivity index (χ0) is 12.0. The van der Waals surface area contributed by atoms with Crippen LogP contribution in [0.4, 0.5) is 0 Å². The van der Waals surface area contributed by atoms with Gasteiger partial charge in [-0.05, 0) is 18.9 Å². The maximum Gasteiger partial charge on any atom is 0.311 e. The van der Waals surface area contributed by atoms with E-state index in [-0.39, 0.29) is 5.97 Å². The number of aliphatic hydroxyl groups excluding tert-OH is 1. The van der Waals surface area contributed by atoms with Crippen LogP contribution in [0.3, 0.4) is 0 Å². The van der Waals surface area contributed by atoms with Crippen LogP contribution in [0.1, 0.15) is 31.9 Å². The van der Waals surface area contributed by atoms with Crippen LogP contribution >= 0.6 is 0 Å². The lowest BCUT2D eigenvalue weighted by Crippen LogP contribution is -2.24. The Morgan fingerprint density at radius 1 is 1.31 bits per heavy atom. The molecule has 0 saturated heterocycles. The molecule has 3 nitrogen and oxygen atoms in total. The number of aliphatic hydroxyl groups is 1. The van der Waals surface area contributed by atoms with Gasteiger partial charge in [0.2, 0.25) is 0 Å². The Morgan fingerprint density at radius 3 is 2.44 bits per heavy atom. The SMILES string of the molecule is CCOC(=O)[C@H](CC)[C@@H](O)c1ccccc1. The lowest BCUT2D eigenvalue weighted by Gasteiger charge is -2.20. The first kappa shape index (κ1) is 12.7. The third-order valence-electron chi connectivity index (χ3n) is 2.55. The summed E-state index contributed by atoms with van der Waals surface area (Å²) < 4.78 is 4.94. The molecule has 2 atom stereocenters. The molecular weight excluding hydrogens is 204 g/mol. The molecule has 1 N–H and O–H groups in total. The number of rotatable bonds is 5. The van der Waals surface area contributed by atoms with Gasteiger partial charge in [-0.15, -0.1) is 0 Å². The smallest absolute Gasteiger partial charge is 0.311 e. The lowest BCUT2D eigenvalue weighted by molar-refractivity contribution is -0.152. The minimum atomic E-state index is -0.787. The van der Waals surface area contributed by atoms with Crippen molar-refractivity contribution < 1.29 is 14.6 Å². The average Bonchev–Trinajstić information content (AvgIpc) is 2.31. The van der Waals surface area contributed by atoms with Crippen LogP contribution in [0.5, 0.6) is 0 Å². The van der Waals surface area contributed by atoms with E-state index in [9.17, 15) is 9.90 Å². The van der Waals surface area contributed by atoms with Crippen LogP contribution in [-0.4, -0.2) is 17.7 Å². The molecule has 1 aromatic rings. The van der Waals surface area contributed by atoms with Gasteiger partial charge in [0, 0.05) is 0 Å². The Labute approximate surface area is 96.1 Å². The summed E-state index contributed by atoms with van der Waals surface area (Å²) in [6.07, 6.45) is -0.222. The monoisotopic (exact) mass is 222 g/mol. The highest BCUT2D eigenvalue weighted by atomic mass is 16.5. The van der Waals surface area contributed by atoms with Gasteiger partial charge >= 0.3 is 5.97 Å². The Kier molecular flexibility index (Phi) is 4.99. The van der Waals surface area contributed by atoms with Gasteiger partial charge in [-0.3, -0.25) is 4.79 Å². The maximum absolute atomic E-state index is 11.6. The summed E-state index contributed by atoms with van der Waals surface area (Å²) >= 11 is 0. The predicted molar refractivity (Wildman–Crippen MR) is 61.8 cm³/mol. The summed E-state index contributed by atoms with van der Waals surface area (Å²) in [5, 5.41) is 10.1. The third kappa shape index (κ3) is 3.07. The first-order chi connectivity index (χ1) is 7.70. The first-order valence-electron chi connectivity index (χ1n) is 5.60. The van der Waals surface area contributed by atoms with E-state index in [1.165, 1.54) is 0 Å². The molecule has 0 saturated carbocycles. The maximum atomic E-state index is 11.6. The van der Waals surface area contributed by atoms with Crippen molar-refractivity contribution in [1.82, 2.24) is 0 Å². The van der Waals surface area contributed by atoms with E-state index in [1.54, 1.807) is 6.92 Å². The molecule has 88 valence electrons. The Hall–Kier alpha value is -1.35. The number of hydrogen-bond donors (Lipinski definition) is 1. The molecule has 16 heavy (non-hydrogen) atoms. The summed E-state index contributed by atoms with van der Waals surface area (Å²) in [5.41, 5.74) is 0.752. The highest BCUT2D eigenvalue weighted by Crippen LogP contribution is 2.25. The van der Waals surface area contributed by atoms with Crippen molar-refractivity contribution in [2.75, 3.05) is 6.61 Å². The van der Waals surface area contributed by atoms with Gasteiger partial charge < -0.3 is 9.84 Å². The predicted octanol–water partition coefficient (Wildman–Crippen LogP) is 2.31. The van der Waals surface area contributed by atoms with E-state index < -0.39 is 12.0 Å². The van der Waals surface area contributed by atoms with Gasteiger partial charge in [-0.25, -0.2) is 0 Å². The molecule has 0 aliphatic rings. The number of carbonyl (C=O) groups is 1. The molecule has 0 bridgehead atoms. The molecular formula is C13H18O3. The minimum absolute atomic E-state index is 0.332. The standard InChI is InChI=1S/C13H18O3/c1-3-11(13(15)16-4-2)12(14)10-8-6-5-7-9-10/h5-9,11-12,14H,3-4H2,1-2H3/t11-,12+/m1/s1. The molecule has 1 aromatic carbocycles. The molecule has 0 aliphatic carbocycles. The molecule has 0 aromatic heterocycles. The summed E-state index contributed by atoms with van der Waals surface area (Å²) in [5.74, 6) is -0.816. The van der Waals surface area contributed by atoms with Gasteiger partial charge in [-0.1, -0.05) is 37.3 Å².